The van der Waals surface area contributed by atoms with Gasteiger partial charge in [-0.25, -0.2) is 9.48 Å². The van der Waals surface area contributed by atoms with Gasteiger partial charge in [0, 0.05) is 25.2 Å². The summed E-state index contributed by atoms with van der Waals surface area (Å²) in [5.74, 6) is 0.623. The largest absolute Gasteiger partial charge is 0.346 e. The third-order valence-electron chi connectivity index (χ3n) is 4.16. The van der Waals surface area contributed by atoms with Crippen molar-refractivity contribution < 1.29 is 9.32 Å². The highest BCUT2D eigenvalue weighted by Gasteiger charge is 2.29. The number of carbonyl (C=O) groups excluding carboxylic acids is 1. The fourth-order valence-electron chi connectivity index (χ4n) is 2.82. The molecular weight excluding hydrogens is 324 g/mol. The standard InChI is InChI=1S/C16H16N6O3/c1-2-20-8-9-21-14(15(20)23)18-22(16(21)24)10-12-17-13(19-25-12)11-6-4-3-5-7-11/h3-7H,2,8-10H2,1H3. The van der Waals surface area contributed by atoms with Crippen LogP contribution in [-0.4, -0.2) is 48.4 Å². The smallest absolute Gasteiger partial charge is 0.337 e. The van der Waals surface area contributed by atoms with Gasteiger partial charge in [0.1, 0.15) is 6.54 Å². The molecule has 9 heteroatoms. The van der Waals surface area contributed by atoms with Crippen LogP contribution in [0.3, 0.4) is 0 Å². The molecule has 3 aromatic rings. The lowest BCUT2D eigenvalue weighted by Gasteiger charge is -2.24. The Kier molecular flexibility index (Phi) is 3.68. The van der Waals surface area contributed by atoms with Crippen molar-refractivity contribution in [1.82, 2.24) is 29.4 Å². The minimum absolute atomic E-state index is 0.0259. The fraction of sp³-hybridized carbons (Fsp3) is 0.312. The summed E-state index contributed by atoms with van der Waals surface area (Å²) in [7, 11) is 0. The third kappa shape index (κ3) is 2.63. The first-order chi connectivity index (χ1) is 12.2. The van der Waals surface area contributed by atoms with E-state index in [0.717, 1.165) is 5.56 Å². The number of rotatable bonds is 4. The molecule has 0 saturated carbocycles. The van der Waals surface area contributed by atoms with E-state index in [2.05, 4.69) is 15.2 Å². The zero-order valence-electron chi connectivity index (χ0n) is 13.6. The van der Waals surface area contributed by atoms with Gasteiger partial charge < -0.3 is 9.42 Å². The van der Waals surface area contributed by atoms with Crippen LogP contribution in [0.2, 0.25) is 0 Å². The predicted molar refractivity (Wildman–Crippen MR) is 86.9 cm³/mol. The van der Waals surface area contributed by atoms with Crippen molar-refractivity contribution >= 4 is 5.91 Å². The molecule has 2 aromatic heterocycles. The Morgan fingerprint density at radius 1 is 1.16 bits per heavy atom. The predicted octanol–water partition coefficient (Wildman–Crippen LogP) is 0.619. The first kappa shape index (κ1) is 15.3. The highest BCUT2D eigenvalue weighted by molar-refractivity contribution is 5.91. The summed E-state index contributed by atoms with van der Waals surface area (Å²) in [5, 5.41) is 8.08. The summed E-state index contributed by atoms with van der Waals surface area (Å²) < 4.78 is 7.79. The second kappa shape index (κ2) is 6.00. The first-order valence-electron chi connectivity index (χ1n) is 8.02. The van der Waals surface area contributed by atoms with E-state index in [1.807, 2.05) is 37.3 Å². The highest BCUT2D eigenvalue weighted by Crippen LogP contribution is 2.15. The average Bonchev–Trinajstić information content (AvgIpc) is 3.23. The van der Waals surface area contributed by atoms with Crippen LogP contribution >= 0.6 is 0 Å². The molecule has 4 rings (SSSR count). The Labute approximate surface area is 142 Å². The summed E-state index contributed by atoms with van der Waals surface area (Å²) in [4.78, 5) is 30.7. The van der Waals surface area contributed by atoms with Crippen LogP contribution in [0.1, 0.15) is 23.4 Å². The number of aromatic nitrogens is 5. The SMILES string of the molecule is CCN1CCn2c(nn(Cc3nc(-c4ccccc4)no3)c2=O)C1=O. The molecule has 1 aliphatic rings. The molecule has 0 radical (unpaired) electrons. The molecule has 25 heavy (non-hydrogen) atoms. The number of nitrogens with zero attached hydrogens (tertiary/aromatic N) is 6. The highest BCUT2D eigenvalue weighted by atomic mass is 16.5. The van der Waals surface area contributed by atoms with Gasteiger partial charge in [0.25, 0.3) is 5.91 Å². The quantitative estimate of drug-likeness (QED) is 0.690. The number of carbonyl (C=O) groups is 1. The third-order valence-corrected chi connectivity index (χ3v) is 4.16. The Bertz CT molecular complexity index is 971. The lowest BCUT2D eigenvalue weighted by Crippen LogP contribution is -2.42. The van der Waals surface area contributed by atoms with E-state index >= 15 is 0 Å². The fourth-order valence-corrected chi connectivity index (χ4v) is 2.82. The lowest BCUT2D eigenvalue weighted by molar-refractivity contribution is 0.0705. The molecule has 1 aliphatic heterocycles. The van der Waals surface area contributed by atoms with Gasteiger partial charge >= 0.3 is 5.69 Å². The maximum absolute atomic E-state index is 12.4. The van der Waals surface area contributed by atoms with Crippen LogP contribution < -0.4 is 5.69 Å². The number of fused-ring (bicyclic) bond motifs is 1. The molecule has 0 saturated heterocycles. The van der Waals surface area contributed by atoms with E-state index in [1.165, 1.54) is 9.25 Å². The molecule has 0 aliphatic carbocycles. The molecule has 1 amide bonds. The Balaban J connectivity index is 1.62. The van der Waals surface area contributed by atoms with Crippen molar-refractivity contribution in [3.05, 3.63) is 52.5 Å². The maximum atomic E-state index is 12.4. The molecular formula is C16H16N6O3. The van der Waals surface area contributed by atoms with E-state index in [9.17, 15) is 9.59 Å². The van der Waals surface area contributed by atoms with Gasteiger partial charge in [-0.05, 0) is 6.92 Å². The maximum Gasteiger partial charge on any atom is 0.346 e. The monoisotopic (exact) mass is 340 g/mol. The minimum Gasteiger partial charge on any atom is -0.337 e. The number of hydrogen-bond donors (Lipinski definition) is 0. The van der Waals surface area contributed by atoms with Crippen molar-refractivity contribution in [2.75, 3.05) is 13.1 Å². The normalized spacial score (nSPS) is 14.0. The molecule has 0 bridgehead atoms. The summed E-state index contributed by atoms with van der Waals surface area (Å²) in [6, 6.07) is 9.40. The van der Waals surface area contributed by atoms with Crippen molar-refractivity contribution in [3.8, 4) is 11.4 Å². The number of amides is 1. The van der Waals surface area contributed by atoms with Gasteiger partial charge in [-0.3, -0.25) is 9.36 Å². The van der Waals surface area contributed by atoms with Crippen LogP contribution in [0.25, 0.3) is 11.4 Å². The molecule has 1 aromatic carbocycles. The summed E-state index contributed by atoms with van der Waals surface area (Å²) in [5.41, 5.74) is 0.473. The van der Waals surface area contributed by atoms with Crippen LogP contribution in [0.15, 0.2) is 39.6 Å². The van der Waals surface area contributed by atoms with E-state index in [4.69, 9.17) is 4.52 Å². The molecule has 0 unspecified atom stereocenters. The second-order valence-electron chi connectivity index (χ2n) is 5.68. The van der Waals surface area contributed by atoms with Gasteiger partial charge in [0.05, 0.1) is 0 Å². The zero-order chi connectivity index (χ0) is 17.4. The summed E-state index contributed by atoms with van der Waals surface area (Å²) in [6.45, 7) is 3.45. The Morgan fingerprint density at radius 2 is 1.96 bits per heavy atom. The Morgan fingerprint density at radius 3 is 2.72 bits per heavy atom. The molecule has 0 N–H and O–H groups in total. The van der Waals surface area contributed by atoms with Gasteiger partial charge in [0.2, 0.25) is 17.5 Å². The molecule has 128 valence electrons. The molecule has 0 spiro atoms. The number of hydrogen-bond acceptors (Lipinski definition) is 6. The molecule has 3 heterocycles. The first-order valence-corrected chi connectivity index (χ1v) is 8.02. The summed E-state index contributed by atoms with van der Waals surface area (Å²) in [6.07, 6.45) is 0. The van der Waals surface area contributed by atoms with E-state index in [-0.39, 0.29) is 29.9 Å². The van der Waals surface area contributed by atoms with Gasteiger partial charge in [-0.1, -0.05) is 35.5 Å². The second-order valence-corrected chi connectivity index (χ2v) is 5.68. The summed E-state index contributed by atoms with van der Waals surface area (Å²) >= 11 is 0. The van der Waals surface area contributed by atoms with E-state index in [1.54, 1.807) is 4.90 Å². The number of benzene rings is 1. The van der Waals surface area contributed by atoms with E-state index < -0.39 is 0 Å². The molecule has 0 atom stereocenters. The van der Waals surface area contributed by atoms with Crippen molar-refractivity contribution in [2.45, 2.75) is 20.0 Å². The van der Waals surface area contributed by atoms with E-state index in [0.29, 0.717) is 25.5 Å². The lowest BCUT2D eigenvalue weighted by atomic mass is 10.2. The van der Waals surface area contributed by atoms with Crippen molar-refractivity contribution in [2.24, 2.45) is 0 Å². The average molecular weight is 340 g/mol. The minimum atomic E-state index is -0.349. The van der Waals surface area contributed by atoms with Crippen molar-refractivity contribution in [1.29, 1.82) is 0 Å². The van der Waals surface area contributed by atoms with Crippen LogP contribution in [0.5, 0.6) is 0 Å². The Hall–Kier alpha value is -3.23. The van der Waals surface area contributed by atoms with Crippen LogP contribution in [0, 0.1) is 0 Å². The molecule has 9 nitrogen and oxygen atoms in total. The van der Waals surface area contributed by atoms with Gasteiger partial charge in [-0.2, -0.15) is 4.98 Å². The molecule has 0 fully saturated rings. The van der Waals surface area contributed by atoms with Gasteiger partial charge in [-0.15, -0.1) is 5.10 Å². The van der Waals surface area contributed by atoms with Crippen LogP contribution in [-0.2, 0) is 13.1 Å². The van der Waals surface area contributed by atoms with Gasteiger partial charge in [0.15, 0.2) is 0 Å². The zero-order valence-corrected chi connectivity index (χ0v) is 13.6. The van der Waals surface area contributed by atoms with Crippen molar-refractivity contribution in [3.63, 3.8) is 0 Å². The topological polar surface area (TPSA) is 99.0 Å². The number of likely N-dealkylation sites (N-methyl/N-ethyl adjacent to an activating group) is 1. The van der Waals surface area contributed by atoms with Crippen LogP contribution in [0.4, 0.5) is 0 Å².